The topological polar surface area (TPSA) is 81.5 Å². The number of carbonyl (C=O) groups is 1. The molecule has 7 nitrogen and oxygen atoms in total. The van der Waals surface area contributed by atoms with Crippen LogP contribution in [0.2, 0.25) is 0 Å². The Morgan fingerprint density at radius 2 is 1.88 bits per heavy atom. The number of nitrogens with zero attached hydrogens (tertiary/aromatic N) is 4. The van der Waals surface area contributed by atoms with E-state index in [4.69, 9.17) is 4.74 Å². The van der Waals surface area contributed by atoms with Gasteiger partial charge in [0.05, 0.1) is 35.0 Å². The van der Waals surface area contributed by atoms with E-state index in [-0.39, 0.29) is 17.5 Å². The lowest BCUT2D eigenvalue weighted by atomic mass is 9.72. The smallest absolute Gasteiger partial charge is 0.416 e. The molecular weight excluding hydrogens is 550 g/mol. The number of anilines is 1. The molecule has 220 valence electrons. The van der Waals surface area contributed by atoms with Crippen molar-refractivity contribution in [3.63, 3.8) is 0 Å². The molecule has 1 aromatic heterocycles. The number of nitrogens with one attached hydrogen (secondary N) is 1. The van der Waals surface area contributed by atoms with Crippen molar-refractivity contribution in [2.24, 2.45) is 0 Å². The van der Waals surface area contributed by atoms with Crippen LogP contribution >= 0.6 is 0 Å². The zero-order valence-corrected chi connectivity index (χ0v) is 23.3. The molecule has 0 aliphatic carbocycles. The van der Waals surface area contributed by atoms with Crippen LogP contribution in [-0.4, -0.2) is 62.2 Å². The summed E-state index contributed by atoms with van der Waals surface area (Å²) < 4.78 is 59.1. The van der Waals surface area contributed by atoms with Gasteiger partial charge in [-0.3, -0.25) is 9.78 Å². The monoisotopic (exact) mass is 581 g/mol. The number of hydrogen-bond acceptors (Lipinski definition) is 6. The number of halogens is 4. The van der Waals surface area contributed by atoms with Gasteiger partial charge < -0.3 is 19.9 Å². The quantitative estimate of drug-likeness (QED) is 0.406. The third kappa shape index (κ3) is 5.77. The van der Waals surface area contributed by atoms with E-state index < -0.39 is 23.0 Å². The van der Waals surface area contributed by atoms with E-state index in [9.17, 15) is 27.6 Å². The third-order valence-electron chi connectivity index (χ3n) is 8.32. The summed E-state index contributed by atoms with van der Waals surface area (Å²) >= 11 is 0. The first-order valence-electron chi connectivity index (χ1n) is 13.7. The molecule has 42 heavy (non-hydrogen) atoms. The average molecular weight is 582 g/mol. The van der Waals surface area contributed by atoms with Crippen molar-refractivity contribution >= 4 is 11.6 Å². The van der Waals surface area contributed by atoms with Crippen LogP contribution in [0.5, 0.6) is 5.75 Å². The van der Waals surface area contributed by atoms with Crippen molar-refractivity contribution in [3.8, 4) is 23.1 Å². The zero-order chi connectivity index (χ0) is 30.1. The standard InChI is InChI=1S/C31H31F4N5O2/c1-39-12-9-24(19-39)38-29(41)30(22-3-6-26(37-18-22)25-16-23(32)5-8-28(25)42-2)10-13-40(14-11-30)27-7-4-21(31(33,34)35)15-20(27)17-36/h3-8,15-16,18,24H,9-14,19H2,1-2H3,(H,38,41)/t24-/m1/s1. The number of aromatic nitrogens is 1. The fraction of sp³-hybridized carbons (Fsp3) is 0.387. The fourth-order valence-corrected chi connectivity index (χ4v) is 5.95. The molecule has 3 aromatic rings. The van der Waals surface area contributed by atoms with E-state index >= 15 is 0 Å². The Labute approximate surface area is 241 Å². The number of amides is 1. The number of rotatable bonds is 6. The first kappa shape index (κ1) is 29.3. The number of benzene rings is 2. The molecule has 2 aromatic carbocycles. The van der Waals surface area contributed by atoms with Crippen LogP contribution < -0.4 is 15.0 Å². The van der Waals surface area contributed by atoms with Crippen molar-refractivity contribution in [2.45, 2.75) is 36.9 Å². The van der Waals surface area contributed by atoms with Crippen LogP contribution in [0, 0.1) is 17.1 Å². The lowest BCUT2D eigenvalue weighted by molar-refractivity contribution is -0.137. The highest BCUT2D eigenvalue weighted by atomic mass is 19.4. The van der Waals surface area contributed by atoms with E-state index in [0.717, 1.165) is 31.6 Å². The largest absolute Gasteiger partial charge is 0.496 e. The Bertz CT molecular complexity index is 1490. The first-order chi connectivity index (χ1) is 20.0. The molecule has 1 atom stereocenters. The number of likely N-dealkylation sites (N-methyl/N-ethyl adjacent to an activating group) is 1. The number of nitriles is 1. The summed E-state index contributed by atoms with van der Waals surface area (Å²) in [5, 5.41) is 12.8. The summed E-state index contributed by atoms with van der Waals surface area (Å²) in [5.41, 5.74) is 0.179. The van der Waals surface area contributed by atoms with Crippen molar-refractivity contribution in [3.05, 3.63) is 77.2 Å². The van der Waals surface area contributed by atoms with E-state index in [2.05, 4.69) is 15.2 Å². The molecule has 0 spiro atoms. The van der Waals surface area contributed by atoms with Crippen LogP contribution in [0.3, 0.4) is 0 Å². The number of hydrogen-bond donors (Lipinski definition) is 1. The van der Waals surface area contributed by atoms with E-state index in [1.165, 1.54) is 31.4 Å². The molecule has 1 N–H and O–H groups in total. The van der Waals surface area contributed by atoms with Gasteiger partial charge >= 0.3 is 6.18 Å². The van der Waals surface area contributed by atoms with Gasteiger partial charge in [-0.15, -0.1) is 0 Å². The number of ether oxygens (including phenoxy) is 1. The van der Waals surface area contributed by atoms with Gasteiger partial charge in [0.25, 0.3) is 0 Å². The summed E-state index contributed by atoms with van der Waals surface area (Å²) in [6, 6.07) is 12.8. The summed E-state index contributed by atoms with van der Waals surface area (Å²) in [4.78, 5) is 22.6. The third-order valence-corrected chi connectivity index (χ3v) is 8.32. The molecule has 3 heterocycles. The molecule has 0 saturated carbocycles. The maximum absolute atomic E-state index is 14.0. The maximum Gasteiger partial charge on any atom is 0.416 e. The van der Waals surface area contributed by atoms with E-state index in [1.54, 1.807) is 12.3 Å². The first-order valence-corrected chi connectivity index (χ1v) is 13.7. The predicted molar refractivity (Wildman–Crippen MR) is 150 cm³/mol. The number of carbonyl (C=O) groups excluding carboxylic acids is 1. The van der Waals surface area contributed by atoms with Crippen LogP contribution in [0.4, 0.5) is 23.2 Å². The van der Waals surface area contributed by atoms with Crippen LogP contribution in [0.1, 0.15) is 36.0 Å². The highest BCUT2D eigenvalue weighted by Crippen LogP contribution is 2.40. The highest BCUT2D eigenvalue weighted by molar-refractivity contribution is 5.89. The molecule has 11 heteroatoms. The number of piperidine rings is 1. The van der Waals surface area contributed by atoms with Crippen molar-refractivity contribution < 1.29 is 27.1 Å². The molecule has 1 amide bonds. The van der Waals surface area contributed by atoms with Crippen molar-refractivity contribution in [2.75, 3.05) is 45.2 Å². The minimum Gasteiger partial charge on any atom is -0.496 e. The van der Waals surface area contributed by atoms with Crippen molar-refractivity contribution in [1.82, 2.24) is 15.2 Å². The van der Waals surface area contributed by atoms with Crippen molar-refractivity contribution in [1.29, 1.82) is 5.26 Å². The summed E-state index contributed by atoms with van der Waals surface area (Å²) in [6.07, 6.45) is -1.37. The fourth-order valence-electron chi connectivity index (χ4n) is 5.95. The van der Waals surface area contributed by atoms with Gasteiger partial charge in [-0.2, -0.15) is 18.4 Å². The Balaban J connectivity index is 1.45. The number of likely N-dealkylation sites (tertiary alicyclic amines) is 1. The Kier molecular flexibility index (Phi) is 8.10. The highest BCUT2D eigenvalue weighted by Gasteiger charge is 2.44. The van der Waals surface area contributed by atoms with Gasteiger partial charge in [0.1, 0.15) is 17.6 Å². The summed E-state index contributed by atoms with van der Waals surface area (Å²) in [6.45, 7) is 2.30. The lowest BCUT2D eigenvalue weighted by Crippen LogP contribution is -2.54. The van der Waals surface area contributed by atoms with Gasteiger partial charge in [-0.1, -0.05) is 6.07 Å². The minimum atomic E-state index is -4.55. The Morgan fingerprint density at radius 1 is 1.12 bits per heavy atom. The number of alkyl halides is 3. The molecule has 0 unspecified atom stereocenters. The molecule has 2 aliphatic heterocycles. The second-order valence-corrected chi connectivity index (χ2v) is 10.9. The van der Waals surface area contributed by atoms with Gasteiger partial charge in [0.15, 0.2) is 0 Å². The second kappa shape index (κ2) is 11.6. The zero-order valence-electron chi connectivity index (χ0n) is 23.3. The molecule has 2 fully saturated rings. The van der Waals surface area contributed by atoms with E-state index in [0.29, 0.717) is 54.2 Å². The molecule has 0 radical (unpaired) electrons. The summed E-state index contributed by atoms with van der Waals surface area (Å²) in [5.74, 6) is -0.0951. The second-order valence-electron chi connectivity index (χ2n) is 10.9. The average Bonchev–Trinajstić information content (AvgIpc) is 3.40. The van der Waals surface area contributed by atoms with Gasteiger partial charge in [-0.05, 0) is 80.9 Å². The molecule has 2 aliphatic rings. The maximum atomic E-state index is 14.0. The van der Waals surface area contributed by atoms with Crippen LogP contribution in [-0.2, 0) is 16.4 Å². The minimum absolute atomic E-state index is 0.00120. The normalized spacial score (nSPS) is 18.9. The Morgan fingerprint density at radius 3 is 2.48 bits per heavy atom. The van der Waals surface area contributed by atoms with Gasteiger partial charge in [0.2, 0.25) is 5.91 Å². The van der Waals surface area contributed by atoms with E-state index in [1.807, 2.05) is 24.1 Å². The van der Waals surface area contributed by atoms with Gasteiger partial charge in [0, 0.05) is 37.4 Å². The predicted octanol–water partition coefficient (Wildman–Crippen LogP) is 5.15. The number of pyridine rings is 1. The molecule has 5 rings (SSSR count). The SMILES string of the molecule is COc1ccc(F)cc1-c1ccc(C2(C(=O)N[C@@H]3CCN(C)C3)CCN(c3ccc(C(F)(F)F)cc3C#N)CC2)cn1. The molecular formula is C31H31F4N5O2. The van der Waals surface area contributed by atoms with Crippen LogP contribution in [0.15, 0.2) is 54.7 Å². The Hall–Kier alpha value is -4.17. The molecule has 2 saturated heterocycles. The van der Waals surface area contributed by atoms with Crippen LogP contribution in [0.25, 0.3) is 11.3 Å². The summed E-state index contributed by atoms with van der Waals surface area (Å²) in [7, 11) is 3.49. The van der Waals surface area contributed by atoms with Gasteiger partial charge in [-0.25, -0.2) is 4.39 Å². The molecule has 0 bridgehead atoms. The number of methoxy groups -OCH3 is 1. The lowest BCUT2D eigenvalue weighted by Gasteiger charge is -2.42.